The molecule has 2 heteroatoms. The molecule has 1 fully saturated rings. The molecule has 0 bridgehead atoms. The summed E-state index contributed by atoms with van der Waals surface area (Å²) in [7, 11) is 0. The van der Waals surface area contributed by atoms with Crippen molar-refractivity contribution in [3.8, 4) is 0 Å². The molecule has 1 heterocycles. The maximum Gasteiger partial charge on any atom is 0.0830 e. The second-order valence-corrected chi connectivity index (χ2v) is 4.76. The second kappa shape index (κ2) is 3.75. The van der Waals surface area contributed by atoms with Crippen LogP contribution in [0.15, 0.2) is 0 Å². The molecule has 0 atom stereocenters. The summed E-state index contributed by atoms with van der Waals surface area (Å²) in [5, 5.41) is 3.21. The average molecular weight is 171 g/mol. The largest absolute Gasteiger partial charge is 0.370 e. The molecule has 0 amide bonds. The molecule has 12 heavy (non-hydrogen) atoms. The Morgan fingerprint density at radius 2 is 2.00 bits per heavy atom. The lowest BCUT2D eigenvalue weighted by molar-refractivity contribution is -0.0993. The van der Waals surface area contributed by atoms with Gasteiger partial charge in [0.15, 0.2) is 0 Å². The lowest BCUT2D eigenvalue weighted by Gasteiger charge is -2.37. The van der Waals surface area contributed by atoms with Crippen molar-refractivity contribution in [1.82, 2.24) is 5.32 Å². The van der Waals surface area contributed by atoms with Gasteiger partial charge in [0.1, 0.15) is 0 Å². The summed E-state index contributed by atoms with van der Waals surface area (Å²) < 4.78 is 5.92. The molecule has 0 aromatic rings. The van der Waals surface area contributed by atoms with Crippen LogP contribution >= 0.6 is 0 Å². The second-order valence-electron chi connectivity index (χ2n) is 4.76. The highest BCUT2D eigenvalue weighted by atomic mass is 16.5. The summed E-state index contributed by atoms with van der Waals surface area (Å²) in [6, 6.07) is 0. The molecule has 2 nitrogen and oxygen atoms in total. The van der Waals surface area contributed by atoms with Gasteiger partial charge >= 0.3 is 0 Å². The standard InChI is InChI=1S/C10H21NO/c1-8(2)5-10(3,4)12-9-6-11-7-9/h8-9,11H,5-7H2,1-4H3. The quantitative estimate of drug-likeness (QED) is 0.696. The summed E-state index contributed by atoms with van der Waals surface area (Å²) in [6.07, 6.45) is 1.60. The molecule has 0 aliphatic carbocycles. The average Bonchev–Trinajstić information content (AvgIpc) is 1.76. The molecule has 0 radical (unpaired) electrons. The first-order chi connectivity index (χ1) is 5.49. The van der Waals surface area contributed by atoms with Gasteiger partial charge in [-0.2, -0.15) is 0 Å². The van der Waals surface area contributed by atoms with Crippen molar-refractivity contribution in [1.29, 1.82) is 0 Å². The molecular formula is C10H21NO. The molecule has 72 valence electrons. The minimum atomic E-state index is 0.0565. The molecular weight excluding hydrogens is 150 g/mol. The third-order valence-electron chi connectivity index (χ3n) is 2.13. The Balaban J connectivity index is 2.25. The van der Waals surface area contributed by atoms with Gasteiger partial charge < -0.3 is 10.1 Å². The van der Waals surface area contributed by atoms with E-state index in [2.05, 4.69) is 33.0 Å². The van der Waals surface area contributed by atoms with Gasteiger partial charge in [0.2, 0.25) is 0 Å². The van der Waals surface area contributed by atoms with Crippen molar-refractivity contribution in [2.75, 3.05) is 13.1 Å². The van der Waals surface area contributed by atoms with Gasteiger partial charge in [-0.15, -0.1) is 0 Å². The summed E-state index contributed by atoms with van der Waals surface area (Å²) in [6.45, 7) is 10.9. The molecule has 0 aromatic carbocycles. The highest BCUT2D eigenvalue weighted by Gasteiger charge is 2.27. The van der Waals surface area contributed by atoms with Crippen LogP contribution in [0.25, 0.3) is 0 Å². The van der Waals surface area contributed by atoms with Crippen molar-refractivity contribution in [3.05, 3.63) is 0 Å². The van der Waals surface area contributed by atoms with Gasteiger partial charge in [-0.3, -0.25) is 0 Å². The smallest absolute Gasteiger partial charge is 0.0830 e. The molecule has 0 spiro atoms. The molecule has 0 unspecified atom stereocenters. The minimum Gasteiger partial charge on any atom is -0.370 e. The Hall–Kier alpha value is -0.0800. The van der Waals surface area contributed by atoms with E-state index in [4.69, 9.17) is 4.74 Å². The zero-order valence-corrected chi connectivity index (χ0v) is 8.68. The summed E-state index contributed by atoms with van der Waals surface area (Å²) >= 11 is 0. The molecule has 1 saturated heterocycles. The van der Waals surface area contributed by atoms with Gasteiger partial charge in [0, 0.05) is 13.1 Å². The number of hydrogen-bond acceptors (Lipinski definition) is 2. The number of hydrogen-bond donors (Lipinski definition) is 1. The van der Waals surface area contributed by atoms with Crippen LogP contribution in [0.3, 0.4) is 0 Å². The Morgan fingerprint density at radius 3 is 2.33 bits per heavy atom. The van der Waals surface area contributed by atoms with Crippen molar-refractivity contribution in [2.24, 2.45) is 5.92 Å². The Labute approximate surface area is 75.7 Å². The SMILES string of the molecule is CC(C)CC(C)(C)OC1CNC1. The molecule has 1 N–H and O–H groups in total. The van der Waals surface area contributed by atoms with Crippen LogP contribution in [0.5, 0.6) is 0 Å². The first kappa shape index (κ1) is 10.0. The normalized spacial score (nSPS) is 19.8. The van der Waals surface area contributed by atoms with Crippen molar-refractivity contribution < 1.29 is 4.74 Å². The van der Waals surface area contributed by atoms with Crippen LogP contribution in [-0.4, -0.2) is 24.8 Å². The van der Waals surface area contributed by atoms with E-state index in [1.807, 2.05) is 0 Å². The Morgan fingerprint density at radius 1 is 1.42 bits per heavy atom. The van der Waals surface area contributed by atoms with Crippen LogP contribution in [0.4, 0.5) is 0 Å². The predicted molar refractivity (Wildman–Crippen MR) is 51.3 cm³/mol. The van der Waals surface area contributed by atoms with Crippen molar-refractivity contribution >= 4 is 0 Å². The lowest BCUT2D eigenvalue weighted by Crippen LogP contribution is -2.52. The van der Waals surface area contributed by atoms with E-state index in [0.29, 0.717) is 12.0 Å². The first-order valence-electron chi connectivity index (χ1n) is 4.88. The number of ether oxygens (including phenoxy) is 1. The maximum absolute atomic E-state index is 5.92. The van der Waals surface area contributed by atoms with E-state index in [1.54, 1.807) is 0 Å². The topological polar surface area (TPSA) is 21.3 Å². The van der Waals surface area contributed by atoms with E-state index >= 15 is 0 Å². The van der Waals surface area contributed by atoms with E-state index in [-0.39, 0.29) is 5.60 Å². The Bertz CT molecular complexity index is 139. The van der Waals surface area contributed by atoms with Gasteiger partial charge in [0.25, 0.3) is 0 Å². The monoisotopic (exact) mass is 171 g/mol. The molecule has 1 rings (SSSR count). The van der Waals surface area contributed by atoms with Crippen LogP contribution < -0.4 is 5.32 Å². The van der Waals surface area contributed by atoms with Crippen LogP contribution in [0, 0.1) is 5.92 Å². The third-order valence-corrected chi connectivity index (χ3v) is 2.13. The molecule has 1 aliphatic heterocycles. The third kappa shape index (κ3) is 3.11. The van der Waals surface area contributed by atoms with Gasteiger partial charge in [-0.1, -0.05) is 13.8 Å². The highest BCUT2D eigenvalue weighted by molar-refractivity contribution is 4.80. The molecule has 0 aromatic heterocycles. The first-order valence-corrected chi connectivity index (χ1v) is 4.88. The van der Waals surface area contributed by atoms with Crippen LogP contribution in [0.2, 0.25) is 0 Å². The highest BCUT2D eigenvalue weighted by Crippen LogP contribution is 2.22. The van der Waals surface area contributed by atoms with E-state index in [1.165, 1.54) is 0 Å². The molecule has 0 saturated carbocycles. The van der Waals surface area contributed by atoms with Crippen molar-refractivity contribution in [2.45, 2.75) is 45.8 Å². The van der Waals surface area contributed by atoms with Crippen molar-refractivity contribution in [3.63, 3.8) is 0 Å². The minimum absolute atomic E-state index is 0.0565. The fraction of sp³-hybridized carbons (Fsp3) is 1.00. The molecule has 1 aliphatic rings. The Kier molecular flexibility index (Phi) is 3.13. The fourth-order valence-corrected chi connectivity index (χ4v) is 1.83. The van der Waals surface area contributed by atoms with Crippen LogP contribution in [-0.2, 0) is 4.74 Å². The zero-order chi connectivity index (χ0) is 9.19. The number of nitrogens with one attached hydrogen (secondary N) is 1. The summed E-state index contributed by atoms with van der Waals surface area (Å²) in [4.78, 5) is 0. The van der Waals surface area contributed by atoms with E-state index in [0.717, 1.165) is 19.5 Å². The van der Waals surface area contributed by atoms with E-state index in [9.17, 15) is 0 Å². The van der Waals surface area contributed by atoms with Gasteiger partial charge in [-0.25, -0.2) is 0 Å². The fourth-order valence-electron chi connectivity index (χ4n) is 1.83. The summed E-state index contributed by atoms with van der Waals surface area (Å²) in [5.74, 6) is 0.716. The summed E-state index contributed by atoms with van der Waals surface area (Å²) in [5.41, 5.74) is 0.0565. The zero-order valence-electron chi connectivity index (χ0n) is 8.68. The predicted octanol–water partition coefficient (Wildman–Crippen LogP) is 1.80. The van der Waals surface area contributed by atoms with Crippen LogP contribution in [0.1, 0.15) is 34.1 Å². The lowest BCUT2D eigenvalue weighted by atomic mass is 9.95. The van der Waals surface area contributed by atoms with E-state index < -0.39 is 0 Å². The van der Waals surface area contributed by atoms with Gasteiger partial charge in [-0.05, 0) is 26.2 Å². The van der Waals surface area contributed by atoms with Gasteiger partial charge in [0.05, 0.1) is 11.7 Å². The maximum atomic E-state index is 5.92. The number of rotatable bonds is 4.